The first-order valence-corrected chi connectivity index (χ1v) is 4.44. The normalized spacial score (nSPS) is 11.2. The predicted molar refractivity (Wildman–Crippen MR) is 47.4 cm³/mol. The number of ether oxygens (including phenoxy) is 1. The Balaban J connectivity index is 3.76. The van der Waals surface area contributed by atoms with Gasteiger partial charge in [-0.3, -0.25) is 0 Å². The zero-order valence-electron chi connectivity index (χ0n) is 6.69. The summed E-state index contributed by atoms with van der Waals surface area (Å²) in [5, 5.41) is 0. The molecule has 0 aromatic rings. The third-order valence-electron chi connectivity index (χ3n) is 0.965. The van der Waals surface area contributed by atoms with Gasteiger partial charge in [0.2, 0.25) is 0 Å². The summed E-state index contributed by atoms with van der Waals surface area (Å²) in [6.07, 6.45) is 0.881. The lowest BCUT2D eigenvalue weighted by molar-refractivity contribution is -0.136. The standard InChI is InChI=1S/C8H11BrO2/c1-3-7(9)5-6-8(10)11-4-2/h7H,3-4H2,1-2H3. The maximum atomic E-state index is 10.6. The van der Waals surface area contributed by atoms with E-state index in [0.29, 0.717) is 6.61 Å². The van der Waals surface area contributed by atoms with Crippen molar-refractivity contribution in [2.75, 3.05) is 6.61 Å². The average Bonchev–Trinajstić information content (AvgIpc) is 2.01. The zero-order valence-corrected chi connectivity index (χ0v) is 8.27. The molecular formula is C8H11BrO2. The number of hydrogen-bond acceptors (Lipinski definition) is 2. The fraction of sp³-hybridized carbons (Fsp3) is 0.625. The molecule has 0 rings (SSSR count). The van der Waals surface area contributed by atoms with Crippen molar-refractivity contribution in [3.8, 4) is 11.8 Å². The van der Waals surface area contributed by atoms with Crippen LogP contribution in [-0.4, -0.2) is 17.4 Å². The summed E-state index contributed by atoms with van der Waals surface area (Å²) >= 11 is 3.28. The first-order chi connectivity index (χ1) is 5.20. The summed E-state index contributed by atoms with van der Waals surface area (Å²) in [5.74, 6) is 4.63. The van der Waals surface area contributed by atoms with Gasteiger partial charge in [-0.05, 0) is 13.3 Å². The van der Waals surface area contributed by atoms with Crippen molar-refractivity contribution >= 4 is 21.9 Å². The van der Waals surface area contributed by atoms with E-state index in [1.54, 1.807) is 6.92 Å². The molecule has 0 N–H and O–H groups in total. The lowest BCUT2D eigenvalue weighted by Crippen LogP contribution is -2.01. The van der Waals surface area contributed by atoms with Crippen LogP contribution in [0.15, 0.2) is 0 Å². The Morgan fingerprint density at radius 2 is 2.27 bits per heavy atom. The van der Waals surface area contributed by atoms with Gasteiger partial charge in [-0.25, -0.2) is 4.79 Å². The Morgan fingerprint density at radius 1 is 1.64 bits per heavy atom. The Bertz CT molecular complexity index is 178. The van der Waals surface area contributed by atoms with Gasteiger partial charge in [0.1, 0.15) is 0 Å². The van der Waals surface area contributed by atoms with Gasteiger partial charge in [-0.2, -0.15) is 0 Å². The number of hydrogen-bond donors (Lipinski definition) is 0. The van der Waals surface area contributed by atoms with Gasteiger partial charge in [0.15, 0.2) is 0 Å². The van der Waals surface area contributed by atoms with Gasteiger partial charge in [0, 0.05) is 5.92 Å². The molecule has 3 heteroatoms. The van der Waals surface area contributed by atoms with E-state index in [1.807, 2.05) is 6.92 Å². The van der Waals surface area contributed by atoms with E-state index < -0.39 is 5.97 Å². The molecule has 1 atom stereocenters. The molecule has 0 aromatic heterocycles. The van der Waals surface area contributed by atoms with E-state index in [-0.39, 0.29) is 4.83 Å². The van der Waals surface area contributed by atoms with Crippen LogP contribution in [0.5, 0.6) is 0 Å². The molecule has 0 aliphatic carbocycles. The van der Waals surface area contributed by atoms with Gasteiger partial charge in [0.05, 0.1) is 11.4 Å². The van der Waals surface area contributed by atoms with Crippen molar-refractivity contribution < 1.29 is 9.53 Å². The van der Waals surface area contributed by atoms with E-state index in [2.05, 4.69) is 32.5 Å². The number of esters is 1. The highest BCUT2D eigenvalue weighted by molar-refractivity contribution is 9.09. The lowest BCUT2D eigenvalue weighted by Gasteiger charge is -1.93. The third-order valence-corrected chi connectivity index (χ3v) is 1.84. The molecule has 0 bridgehead atoms. The Labute approximate surface area is 75.4 Å². The summed E-state index contributed by atoms with van der Waals surface area (Å²) in [4.78, 5) is 10.7. The number of halogens is 1. The number of carbonyl (C=O) groups is 1. The molecule has 0 amide bonds. The molecule has 1 unspecified atom stereocenters. The van der Waals surface area contributed by atoms with Crippen molar-refractivity contribution in [3.05, 3.63) is 0 Å². The van der Waals surface area contributed by atoms with Crippen molar-refractivity contribution in [2.24, 2.45) is 0 Å². The summed E-state index contributed by atoms with van der Waals surface area (Å²) in [6, 6.07) is 0. The molecule has 62 valence electrons. The fourth-order valence-electron chi connectivity index (χ4n) is 0.406. The van der Waals surface area contributed by atoms with Crippen LogP contribution in [0.1, 0.15) is 20.3 Å². The van der Waals surface area contributed by atoms with Crippen LogP contribution in [-0.2, 0) is 9.53 Å². The second-order valence-electron chi connectivity index (χ2n) is 1.87. The van der Waals surface area contributed by atoms with Crippen LogP contribution >= 0.6 is 15.9 Å². The number of alkyl halides is 1. The molecule has 0 aromatic carbocycles. The van der Waals surface area contributed by atoms with Crippen LogP contribution < -0.4 is 0 Å². The monoisotopic (exact) mass is 218 g/mol. The molecule has 0 aliphatic heterocycles. The summed E-state index contributed by atoms with van der Waals surface area (Å²) in [7, 11) is 0. The molecule has 2 nitrogen and oxygen atoms in total. The quantitative estimate of drug-likeness (QED) is 0.306. The van der Waals surface area contributed by atoms with Crippen molar-refractivity contribution in [1.82, 2.24) is 0 Å². The molecule has 0 fully saturated rings. The largest absolute Gasteiger partial charge is 0.456 e. The Kier molecular flexibility index (Phi) is 5.96. The summed E-state index contributed by atoms with van der Waals surface area (Å²) in [5.41, 5.74) is 0. The summed E-state index contributed by atoms with van der Waals surface area (Å²) < 4.78 is 4.60. The van der Waals surface area contributed by atoms with Gasteiger partial charge in [-0.1, -0.05) is 28.8 Å². The number of rotatable bonds is 2. The molecule has 0 aliphatic rings. The van der Waals surface area contributed by atoms with Crippen molar-refractivity contribution in [1.29, 1.82) is 0 Å². The highest BCUT2D eigenvalue weighted by atomic mass is 79.9. The van der Waals surface area contributed by atoms with E-state index in [9.17, 15) is 4.79 Å². The van der Waals surface area contributed by atoms with Crippen LogP contribution in [0.4, 0.5) is 0 Å². The van der Waals surface area contributed by atoms with Crippen molar-refractivity contribution in [3.63, 3.8) is 0 Å². The number of carbonyl (C=O) groups excluding carboxylic acids is 1. The first kappa shape index (κ1) is 10.5. The van der Waals surface area contributed by atoms with Gasteiger partial charge in [-0.15, -0.1) is 0 Å². The van der Waals surface area contributed by atoms with Gasteiger partial charge >= 0.3 is 5.97 Å². The maximum Gasteiger partial charge on any atom is 0.384 e. The lowest BCUT2D eigenvalue weighted by atomic mass is 10.3. The summed E-state index contributed by atoms with van der Waals surface area (Å²) in [6.45, 7) is 4.12. The Morgan fingerprint density at radius 3 is 2.73 bits per heavy atom. The highest BCUT2D eigenvalue weighted by Crippen LogP contribution is 2.00. The minimum absolute atomic E-state index is 0.0897. The highest BCUT2D eigenvalue weighted by Gasteiger charge is 1.95. The molecule has 0 heterocycles. The molecular weight excluding hydrogens is 208 g/mol. The van der Waals surface area contributed by atoms with Crippen LogP contribution in [0.3, 0.4) is 0 Å². The molecule has 0 spiro atoms. The van der Waals surface area contributed by atoms with Crippen LogP contribution in [0.2, 0.25) is 0 Å². The van der Waals surface area contributed by atoms with E-state index >= 15 is 0 Å². The Hall–Kier alpha value is -0.490. The first-order valence-electron chi connectivity index (χ1n) is 3.53. The minimum atomic E-state index is -0.453. The minimum Gasteiger partial charge on any atom is -0.456 e. The maximum absolute atomic E-state index is 10.6. The van der Waals surface area contributed by atoms with Gasteiger partial charge < -0.3 is 4.74 Å². The van der Waals surface area contributed by atoms with Crippen LogP contribution in [0, 0.1) is 11.8 Å². The predicted octanol–water partition coefficient (Wildman–Crippen LogP) is 1.73. The van der Waals surface area contributed by atoms with Gasteiger partial charge in [0.25, 0.3) is 0 Å². The van der Waals surface area contributed by atoms with E-state index in [4.69, 9.17) is 0 Å². The second kappa shape index (κ2) is 6.23. The van der Waals surface area contributed by atoms with Crippen molar-refractivity contribution in [2.45, 2.75) is 25.1 Å². The third kappa shape index (κ3) is 5.93. The topological polar surface area (TPSA) is 26.3 Å². The molecule has 11 heavy (non-hydrogen) atoms. The van der Waals surface area contributed by atoms with Crippen LogP contribution in [0.25, 0.3) is 0 Å². The fourth-order valence-corrected chi connectivity index (χ4v) is 0.521. The average molecular weight is 219 g/mol. The smallest absolute Gasteiger partial charge is 0.384 e. The molecule has 0 saturated heterocycles. The molecule has 0 radical (unpaired) electrons. The SMILES string of the molecule is CCOC(=O)C#CC(Br)CC. The van der Waals surface area contributed by atoms with E-state index in [1.165, 1.54) is 0 Å². The zero-order chi connectivity index (χ0) is 8.69. The van der Waals surface area contributed by atoms with E-state index in [0.717, 1.165) is 6.42 Å². The molecule has 0 saturated carbocycles. The second-order valence-corrected chi connectivity index (χ2v) is 2.97.